The molecule has 0 aromatic rings. The van der Waals surface area contributed by atoms with Gasteiger partial charge in [-0.3, -0.25) is 9.59 Å². The molecule has 0 amide bonds. The number of carbonyl (C=O) groups excluding carboxylic acids is 1. The molecule has 1 rings (SSSR count). The highest BCUT2D eigenvalue weighted by Crippen LogP contribution is 2.33. The van der Waals surface area contributed by atoms with Gasteiger partial charge < -0.3 is 15.3 Å². The molecule has 1 fully saturated rings. The van der Waals surface area contributed by atoms with E-state index >= 15 is 0 Å². The Morgan fingerprint density at radius 2 is 2.04 bits per heavy atom. The molecule has 1 aliphatic carbocycles. The number of Topliss-reactive ketones (excluding diaryl/α,β-unsaturated/α-hetero) is 1. The third kappa shape index (κ3) is 8.45. The molecule has 0 aromatic heterocycles. The van der Waals surface area contributed by atoms with E-state index in [2.05, 4.69) is 6.92 Å². The molecule has 1 aliphatic rings. The first kappa shape index (κ1) is 21.6. The van der Waals surface area contributed by atoms with Crippen molar-refractivity contribution in [1.29, 1.82) is 0 Å². The van der Waals surface area contributed by atoms with Crippen LogP contribution in [0.2, 0.25) is 0 Å². The number of unbranched alkanes of at least 4 members (excludes halogenated alkanes) is 3. The number of hydrogen-bond acceptors (Lipinski definition) is 4. The number of ketones is 1. The van der Waals surface area contributed by atoms with Crippen molar-refractivity contribution in [2.75, 3.05) is 0 Å². The van der Waals surface area contributed by atoms with Crippen molar-refractivity contribution >= 4 is 11.8 Å². The Balaban J connectivity index is 2.48. The number of carboxylic acids is 1. The minimum absolute atomic E-state index is 0.0220. The maximum atomic E-state index is 12.1. The lowest BCUT2D eigenvalue weighted by atomic mass is 9.90. The van der Waals surface area contributed by atoms with Crippen LogP contribution in [0, 0.1) is 11.8 Å². The Labute approximate surface area is 150 Å². The van der Waals surface area contributed by atoms with E-state index in [1.165, 1.54) is 0 Å². The highest BCUT2D eigenvalue weighted by molar-refractivity contribution is 5.86. The van der Waals surface area contributed by atoms with Crippen LogP contribution < -0.4 is 0 Å². The number of aliphatic hydroxyl groups excluding tert-OH is 2. The van der Waals surface area contributed by atoms with E-state index in [0.29, 0.717) is 25.7 Å². The standard InChI is InChI=1S/C20H32O5/c1-2-3-6-9-15(21)12-13-17-16(18(22)14-19(17)23)10-7-4-5-8-11-20(24)25/h4,7,12-13,15-18,21-22H,2-3,5-6,8-11,14H2,1H3,(H,24,25)/b7-4?,13-12+/t15-,16+,17+,18-/m0/s1. The van der Waals surface area contributed by atoms with Gasteiger partial charge in [-0.05, 0) is 25.7 Å². The molecule has 5 heteroatoms. The number of carboxylic acid groups (broad SMARTS) is 1. The lowest BCUT2D eigenvalue weighted by Crippen LogP contribution is -2.19. The minimum Gasteiger partial charge on any atom is -0.481 e. The summed E-state index contributed by atoms with van der Waals surface area (Å²) in [7, 11) is 0. The lowest BCUT2D eigenvalue weighted by molar-refractivity contribution is -0.137. The molecule has 0 bridgehead atoms. The van der Waals surface area contributed by atoms with E-state index in [-0.39, 0.29) is 30.5 Å². The number of allylic oxidation sites excluding steroid dienone is 3. The molecule has 0 unspecified atom stereocenters. The molecule has 0 spiro atoms. The van der Waals surface area contributed by atoms with E-state index in [1.54, 1.807) is 12.2 Å². The lowest BCUT2D eigenvalue weighted by Gasteiger charge is -2.17. The van der Waals surface area contributed by atoms with E-state index in [0.717, 1.165) is 19.3 Å². The fraction of sp³-hybridized carbons (Fsp3) is 0.700. The largest absolute Gasteiger partial charge is 0.481 e. The van der Waals surface area contributed by atoms with Gasteiger partial charge in [0.2, 0.25) is 0 Å². The van der Waals surface area contributed by atoms with Gasteiger partial charge in [0.15, 0.2) is 0 Å². The number of aliphatic carboxylic acids is 1. The molecule has 142 valence electrons. The predicted octanol–water partition coefficient (Wildman–Crippen LogP) is 3.25. The zero-order valence-electron chi connectivity index (χ0n) is 15.1. The fourth-order valence-corrected chi connectivity index (χ4v) is 3.22. The van der Waals surface area contributed by atoms with Crippen molar-refractivity contribution in [3.63, 3.8) is 0 Å². The van der Waals surface area contributed by atoms with Crippen molar-refractivity contribution in [1.82, 2.24) is 0 Å². The molecule has 0 radical (unpaired) electrons. The Morgan fingerprint density at radius 1 is 1.28 bits per heavy atom. The van der Waals surface area contributed by atoms with E-state index < -0.39 is 18.2 Å². The topological polar surface area (TPSA) is 94.8 Å². The maximum absolute atomic E-state index is 12.1. The second-order valence-corrected chi connectivity index (χ2v) is 6.87. The van der Waals surface area contributed by atoms with Crippen LogP contribution >= 0.6 is 0 Å². The maximum Gasteiger partial charge on any atom is 0.303 e. The van der Waals surface area contributed by atoms with Crippen LogP contribution in [0.5, 0.6) is 0 Å². The summed E-state index contributed by atoms with van der Waals surface area (Å²) in [5.74, 6) is -1.29. The average Bonchev–Trinajstić information content (AvgIpc) is 2.82. The van der Waals surface area contributed by atoms with Crippen molar-refractivity contribution in [3.8, 4) is 0 Å². The summed E-state index contributed by atoms with van der Waals surface area (Å²) < 4.78 is 0. The number of carbonyl (C=O) groups is 2. The second kappa shape index (κ2) is 12.0. The molecule has 0 heterocycles. The van der Waals surface area contributed by atoms with Gasteiger partial charge in [-0.25, -0.2) is 0 Å². The summed E-state index contributed by atoms with van der Waals surface area (Å²) in [5.41, 5.74) is 0. The van der Waals surface area contributed by atoms with E-state index in [1.807, 2.05) is 12.2 Å². The number of rotatable bonds is 12. The van der Waals surface area contributed by atoms with Crippen molar-refractivity contribution in [2.24, 2.45) is 11.8 Å². The van der Waals surface area contributed by atoms with Crippen LogP contribution in [-0.4, -0.2) is 39.3 Å². The first-order valence-corrected chi connectivity index (χ1v) is 9.39. The molecular weight excluding hydrogens is 320 g/mol. The molecule has 25 heavy (non-hydrogen) atoms. The van der Waals surface area contributed by atoms with Gasteiger partial charge in [0.1, 0.15) is 5.78 Å². The first-order chi connectivity index (χ1) is 12.0. The van der Waals surface area contributed by atoms with Crippen LogP contribution in [0.15, 0.2) is 24.3 Å². The van der Waals surface area contributed by atoms with E-state index in [4.69, 9.17) is 5.11 Å². The summed E-state index contributed by atoms with van der Waals surface area (Å²) in [6.07, 6.45) is 12.1. The average molecular weight is 352 g/mol. The van der Waals surface area contributed by atoms with Crippen molar-refractivity contribution in [2.45, 2.75) is 76.9 Å². The normalized spacial score (nSPS) is 25.2. The molecular formula is C20H32O5. The third-order valence-electron chi connectivity index (χ3n) is 4.72. The zero-order chi connectivity index (χ0) is 18.7. The van der Waals surface area contributed by atoms with Crippen molar-refractivity contribution in [3.05, 3.63) is 24.3 Å². The monoisotopic (exact) mass is 352 g/mol. The Kier molecular flexibility index (Phi) is 10.3. The third-order valence-corrected chi connectivity index (χ3v) is 4.72. The van der Waals surface area contributed by atoms with Crippen LogP contribution in [0.25, 0.3) is 0 Å². The van der Waals surface area contributed by atoms with E-state index in [9.17, 15) is 19.8 Å². The molecule has 0 saturated heterocycles. The van der Waals surface area contributed by atoms with Crippen LogP contribution in [0.3, 0.4) is 0 Å². The second-order valence-electron chi connectivity index (χ2n) is 6.87. The smallest absolute Gasteiger partial charge is 0.303 e. The Morgan fingerprint density at radius 3 is 2.72 bits per heavy atom. The summed E-state index contributed by atoms with van der Waals surface area (Å²) in [6, 6.07) is 0. The van der Waals surface area contributed by atoms with Crippen molar-refractivity contribution < 1.29 is 24.9 Å². The Hall–Kier alpha value is -1.46. The highest BCUT2D eigenvalue weighted by atomic mass is 16.4. The Bertz CT molecular complexity index is 469. The molecule has 3 N–H and O–H groups in total. The molecule has 1 saturated carbocycles. The van der Waals surface area contributed by atoms with Crippen LogP contribution in [-0.2, 0) is 9.59 Å². The van der Waals surface area contributed by atoms with Gasteiger partial charge in [0.05, 0.1) is 12.2 Å². The first-order valence-electron chi connectivity index (χ1n) is 9.39. The van der Waals surface area contributed by atoms with Crippen LogP contribution in [0.4, 0.5) is 0 Å². The van der Waals surface area contributed by atoms with Crippen LogP contribution in [0.1, 0.15) is 64.7 Å². The van der Waals surface area contributed by atoms with Gasteiger partial charge in [0, 0.05) is 24.7 Å². The molecule has 0 aromatic carbocycles. The summed E-state index contributed by atoms with van der Waals surface area (Å²) in [6.45, 7) is 2.11. The van der Waals surface area contributed by atoms with Gasteiger partial charge >= 0.3 is 5.97 Å². The number of aliphatic hydroxyl groups is 2. The van der Waals surface area contributed by atoms with Gasteiger partial charge in [-0.2, -0.15) is 0 Å². The van der Waals surface area contributed by atoms with Gasteiger partial charge in [-0.1, -0.05) is 50.5 Å². The zero-order valence-corrected chi connectivity index (χ0v) is 15.1. The number of hydrogen-bond donors (Lipinski definition) is 3. The van der Waals surface area contributed by atoms with Gasteiger partial charge in [-0.15, -0.1) is 0 Å². The molecule has 5 nitrogen and oxygen atoms in total. The SMILES string of the molecule is CCCCC[C@H](O)/C=C/[C@H]1C(=O)C[C@H](O)[C@@H]1CC=CCCCC(=O)O. The summed E-state index contributed by atoms with van der Waals surface area (Å²) in [5, 5.41) is 28.7. The molecule has 4 atom stereocenters. The summed E-state index contributed by atoms with van der Waals surface area (Å²) >= 11 is 0. The highest BCUT2D eigenvalue weighted by Gasteiger charge is 2.39. The quantitative estimate of drug-likeness (QED) is 0.370. The minimum atomic E-state index is -0.798. The predicted molar refractivity (Wildman–Crippen MR) is 97.1 cm³/mol. The fourth-order valence-electron chi connectivity index (χ4n) is 3.22. The molecule has 0 aliphatic heterocycles. The van der Waals surface area contributed by atoms with Gasteiger partial charge in [0.25, 0.3) is 0 Å². The summed E-state index contributed by atoms with van der Waals surface area (Å²) in [4.78, 5) is 22.5.